The first-order valence-electron chi connectivity index (χ1n) is 10.6. The number of rotatable bonds is 5. The van der Waals surface area contributed by atoms with Crippen molar-refractivity contribution in [3.8, 4) is 0 Å². The number of aromatic nitrogens is 1. The third-order valence-electron chi connectivity index (χ3n) is 5.00. The molecule has 1 unspecified atom stereocenters. The number of amides is 2. The van der Waals surface area contributed by atoms with Gasteiger partial charge in [-0.3, -0.25) is 4.79 Å². The van der Waals surface area contributed by atoms with E-state index in [0.717, 1.165) is 24.3 Å². The molecule has 1 fully saturated rings. The predicted octanol–water partition coefficient (Wildman–Crippen LogP) is 4.95. The second-order valence-electron chi connectivity index (χ2n) is 8.89. The molecular formula is C24H31N3O3S. The molecule has 2 amide bonds. The maximum atomic E-state index is 13.3. The Bertz CT molecular complexity index is 898. The van der Waals surface area contributed by atoms with Crippen LogP contribution in [0.1, 0.15) is 44.0 Å². The molecule has 1 aromatic heterocycles. The summed E-state index contributed by atoms with van der Waals surface area (Å²) in [6.45, 7) is 7.49. The molecule has 0 N–H and O–H groups in total. The molecule has 2 aromatic rings. The molecule has 1 atom stereocenters. The molecule has 166 valence electrons. The average molecular weight is 442 g/mol. The van der Waals surface area contributed by atoms with Crippen LogP contribution >= 0.6 is 11.8 Å². The quantitative estimate of drug-likeness (QED) is 0.657. The van der Waals surface area contributed by atoms with Crippen LogP contribution in [0, 0.1) is 5.92 Å². The maximum absolute atomic E-state index is 13.3. The highest BCUT2D eigenvalue weighted by Gasteiger charge is 2.29. The van der Waals surface area contributed by atoms with Crippen molar-refractivity contribution in [1.29, 1.82) is 0 Å². The Balaban J connectivity index is 1.65. The lowest BCUT2D eigenvalue weighted by atomic mass is 9.97. The fourth-order valence-corrected chi connectivity index (χ4v) is 4.50. The molecule has 31 heavy (non-hydrogen) atoms. The fourth-order valence-electron chi connectivity index (χ4n) is 3.61. The molecule has 2 heterocycles. The van der Waals surface area contributed by atoms with E-state index < -0.39 is 5.60 Å². The van der Waals surface area contributed by atoms with E-state index in [4.69, 9.17) is 4.74 Å². The number of pyridine rings is 1. The van der Waals surface area contributed by atoms with Crippen LogP contribution < -0.4 is 0 Å². The van der Waals surface area contributed by atoms with E-state index in [1.165, 1.54) is 11.8 Å². The fraction of sp³-hybridized carbons (Fsp3) is 0.458. The summed E-state index contributed by atoms with van der Waals surface area (Å²) in [5, 5.41) is 0.715. The molecule has 1 aliphatic heterocycles. The minimum Gasteiger partial charge on any atom is -0.444 e. The third kappa shape index (κ3) is 6.72. The van der Waals surface area contributed by atoms with Crippen molar-refractivity contribution in [1.82, 2.24) is 14.8 Å². The Morgan fingerprint density at radius 3 is 2.65 bits per heavy atom. The molecule has 6 nitrogen and oxygen atoms in total. The minimum atomic E-state index is -0.521. The lowest BCUT2D eigenvalue weighted by Gasteiger charge is -2.35. The highest BCUT2D eigenvalue weighted by Crippen LogP contribution is 2.30. The largest absolute Gasteiger partial charge is 0.444 e. The summed E-state index contributed by atoms with van der Waals surface area (Å²) in [6, 6.07) is 13.6. The number of hydrogen-bond acceptors (Lipinski definition) is 5. The van der Waals surface area contributed by atoms with E-state index in [2.05, 4.69) is 4.98 Å². The van der Waals surface area contributed by atoms with Gasteiger partial charge in [0, 0.05) is 37.8 Å². The molecule has 0 radical (unpaired) electrons. The highest BCUT2D eigenvalue weighted by atomic mass is 32.2. The summed E-state index contributed by atoms with van der Waals surface area (Å²) in [6.07, 6.45) is 3.29. The summed E-state index contributed by atoms with van der Waals surface area (Å²) < 4.78 is 5.45. The van der Waals surface area contributed by atoms with Gasteiger partial charge in [0.25, 0.3) is 5.91 Å². The SMILES string of the molecule is CN(CC1CCCN(C(=O)c2cccnc2Sc2ccccc2)C1)C(=O)OC(C)(C)C. The van der Waals surface area contributed by atoms with Gasteiger partial charge in [0.05, 0.1) is 5.56 Å². The van der Waals surface area contributed by atoms with Gasteiger partial charge in [-0.25, -0.2) is 9.78 Å². The van der Waals surface area contributed by atoms with E-state index >= 15 is 0 Å². The summed E-state index contributed by atoms with van der Waals surface area (Å²) in [7, 11) is 1.75. The monoisotopic (exact) mass is 441 g/mol. The Kier molecular flexibility index (Phi) is 7.59. The van der Waals surface area contributed by atoms with Gasteiger partial charge in [-0.2, -0.15) is 0 Å². The second kappa shape index (κ2) is 10.2. The summed E-state index contributed by atoms with van der Waals surface area (Å²) in [5.74, 6) is 0.216. The van der Waals surface area contributed by atoms with Crippen LogP contribution in [-0.2, 0) is 4.74 Å². The topological polar surface area (TPSA) is 62.7 Å². The molecule has 1 saturated heterocycles. The van der Waals surface area contributed by atoms with Gasteiger partial charge in [-0.05, 0) is 63.8 Å². The van der Waals surface area contributed by atoms with Crippen molar-refractivity contribution >= 4 is 23.8 Å². The van der Waals surface area contributed by atoms with E-state index in [1.54, 1.807) is 24.2 Å². The van der Waals surface area contributed by atoms with E-state index in [9.17, 15) is 9.59 Å². The molecule has 1 aliphatic rings. The van der Waals surface area contributed by atoms with E-state index in [0.29, 0.717) is 23.7 Å². The molecule has 1 aromatic carbocycles. The zero-order valence-electron chi connectivity index (χ0n) is 18.7. The van der Waals surface area contributed by atoms with Gasteiger partial charge in [0.1, 0.15) is 10.6 Å². The first kappa shape index (κ1) is 23.1. The molecule has 3 rings (SSSR count). The first-order chi connectivity index (χ1) is 14.7. The van der Waals surface area contributed by atoms with Crippen molar-refractivity contribution < 1.29 is 14.3 Å². The van der Waals surface area contributed by atoms with E-state index in [-0.39, 0.29) is 17.9 Å². The zero-order chi connectivity index (χ0) is 22.4. The van der Waals surface area contributed by atoms with Crippen LogP contribution in [0.3, 0.4) is 0 Å². The van der Waals surface area contributed by atoms with Gasteiger partial charge >= 0.3 is 6.09 Å². The van der Waals surface area contributed by atoms with Gasteiger partial charge in [-0.1, -0.05) is 30.0 Å². The zero-order valence-corrected chi connectivity index (χ0v) is 19.5. The summed E-state index contributed by atoms with van der Waals surface area (Å²) in [5.41, 5.74) is 0.102. The van der Waals surface area contributed by atoms with Crippen LogP contribution in [-0.4, -0.2) is 59.1 Å². The van der Waals surface area contributed by atoms with E-state index in [1.807, 2.05) is 62.1 Å². The molecule has 7 heteroatoms. The first-order valence-corrected chi connectivity index (χ1v) is 11.5. The van der Waals surface area contributed by atoms with Crippen molar-refractivity contribution in [2.24, 2.45) is 5.92 Å². The Labute approximate surface area is 189 Å². The molecule has 0 aliphatic carbocycles. The summed E-state index contributed by atoms with van der Waals surface area (Å²) in [4.78, 5) is 34.6. The van der Waals surface area contributed by atoms with Crippen LogP contribution in [0.4, 0.5) is 4.79 Å². The lowest BCUT2D eigenvalue weighted by molar-refractivity contribution is 0.0244. The van der Waals surface area contributed by atoms with Crippen LogP contribution in [0.25, 0.3) is 0 Å². The van der Waals surface area contributed by atoms with Crippen LogP contribution in [0.15, 0.2) is 58.6 Å². The summed E-state index contributed by atoms with van der Waals surface area (Å²) >= 11 is 1.50. The lowest BCUT2D eigenvalue weighted by Crippen LogP contribution is -2.45. The number of ether oxygens (including phenoxy) is 1. The highest BCUT2D eigenvalue weighted by molar-refractivity contribution is 7.99. The smallest absolute Gasteiger partial charge is 0.410 e. The maximum Gasteiger partial charge on any atom is 0.410 e. The number of likely N-dealkylation sites (tertiary alicyclic amines) is 1. The molecule has 0 saturated carbocycles. The second-order valence-corrected chi connectivity index (χ2v) is 9.95. The molecular weight excluding hydrogens is 410 g/mol. The van der Waals surface area contributed by atoms with Gasteiger partial charge in [-0.15, -0.1) is 0 Å². The minimum absolute atomic E-state index is 0.00356. The van der Waals surface area contributed by atoms with Gasteiger partial charge in [0.2, 0.25) is 0 Å². The normalized spacial score (nSPS) is 16.6. The van der Waals surface area contributed by atoms with Crippen molar-refractivity contribution in [3.05, 3.63) is 54.2 Å². The Morgan fingerprint density at radius 1 is 1.19 bits per heavy atom. The number of carbonyl (C=O) groups excluding carboxylic acids is 2. The van der Waals surface area contributed by atoms with Crippen molar-refractivity contribution in [2.75, 3.05) is 26.7 Å². The van der Waals surface area contributed by atoms with Crippen LogP contribution in [0.5, 0.6) is 0 Å². The van der Waals surface area contributed by atoms with Crippen LogP contribution in [0.2, 0.25) is 0 Å². The average Bonchev–Trinajstić information content (AvgIpc) is 2.73. The molecule has 0 spiro atoms. The van der Waals surface area contributed by atoms with Crippen molar-refractivity contribution in [2.45, 2.75) is 49.1 Å². The number of carbonyl (C=O) groups is 2. The third-order valence-corrected chi connectivity index (χ3v) is 6.03. The number of piperidine rings is 1. The van der Waals surface area contributed by atoms with Gasteiger partial charge in [0.15, 0.2) is 0 Å². The van der Waals surface area contributed by atoms with Crippen molar-refractivity contribution in [3.63, 3.8) is 0 Å². The number of hydrogen-bond donors (Lipinski definition) is 0. The predicted molar refractivity (Wildman–Crippen MR) is 122 cm³/mol. The Morgan fingerprint density at radius 2 is 1.94 bits per heavy atom. The number of benzene rings is 1. The standard InChI is InChI=1S/C24H31N3O3S/c1-24(2,3)30-23(29)26(4)16-18-10-9-15-27(17-18)22(28)20-13-8-14-25-21(20)31-19-11-6-5-7-12-19/h5-8,11-14,18H,9-10,15-17H2,1-4H3. The Hall–Kier alpha value is -2.54. The van der Waals surface area contributed by atoms with Gasteiger partial charge < -0.3 is 14.5 Å². The molecule has 0 bridgehead atoms. The number of nitrogens with zero attached hydrogens (tertiary/aromatic N) is 3.